The predicted molar refractivity (Wildman–Crippen MR) is 77.3 cm³/mol. The Morgan fingerprint density at radius 1 is 1.32 bits per heavy atom. The zero-order valence-corrected chi connectivity index (χ0v) is 11.9. The molecule has 0 aliphatic carbocycles. The lowest BCUT2D eigenvalue weighted by Crippen LogP contribution is -2.48. The Morgan fingerprint density at radius 2 is 2.05 bits per heavy atom. The molecule has 0 saturated heterocycles. The van der Waals surface area contributed by atoms with Gasteiger partial charge < -0.3 is 16.4 Å². The van der Waals surface area contributed by atoms with Gasteiger partial charge >= 0.3 is 0 Å². The number of likely N-dealkylation sites (N-methyl/N-ethyl adjacent to an activating group) is 1. The molecule has 2 rings (SSSR count). The van der Waals surface area contributed by atoms with Gasteiger partial charge in [-0.15, -0.1) is 5.10 Å². The number of hydrogen-bond acceptors (Lipinski definition) is 5. The summed E-state index contributed by atoms with van der Waals surface area (Å²) in [6, 6.07) is 6.17. The number of carbonyl (C=O) groups excluding carboxylic acids is 3. The lowest BCUT2D eigenvalue weighted by atomic mass is 10.2. The topological polar surface area (TPSA) is 132 Å². The molecule has 0 radical (unpaired) electrons. The van der Waals surface area contributed by atoms with Crippen LogP contribution in [0.5, 0.6) is 0 Å². The van der Waals surface area contributed by atoms with Crippen LogP contribution in [0.3, 0.4) is 0 Å². The summed E-state index contributed by atoms with van der Waals surface area (Å²) in [5.41, 5.74) is 6.43. The maximum Gasteiger partial charge on any atom is 0.242 e. The minimum Gasteiger partial charge on any atom is -0.370 e. The largest absolute Gasteiger partial charge is 0.370 e. The Labute approximate surface area is 125 Å². The van der Waals surface area contributed by atoms with E-state index in [2.05, 4.69) is 20.9 Å². The monoisotopic (exact) mass is 304 g/mol. The standard InChI is InChI=1S/C13H16N6O3/c1-15-13(22)9(6-11(14)20)16-12(21)7-19-10-5-3-2-4-8(10)17-18-19/h2-5,9H,6-7H2,1H3,(H2,14,20)(H,15,22)(H,16,21)/t9-/m0/s1. The molecule has 1 atom stereocenters. The van der Waals surface area contributed by atoms with Gasteiger partial charge in [0, 0.05) is 7.05 Å². The minimum absolute atomic E-state index is 0.118. The summed E-state index contributed by atoms with van der Waals surface area (Å²) in [5, 5.41) is 12.6. The van der Waals surface area contributed by atoms with Gasteiger partial charge in [0.2, 0.25) is 17.7 Å². The SMILES string of the molecule is CNC(=O)[C@H](CC(N)=O)NC(=O)Cn1nnc2ccccc21. The van der Waals surface area contributed by atoms with E-state index >= 15 is 0 Å². The number of fused-ring (bicyclic) bond motifs is 1. The van der Waals surface area contributed by atoms with E-state index in [4.69, 9.17) is 5.73 Å². The molecule has 22 heavy (non-hydrogen) atoms. The van der Waals surface area contributed by atoms with Gasteiger partial charge in [-0.2, -0.15) is 0 Å². The summed E-state index contributed by atoms with van der Waals surface area (Å²) in [4.78, 5) is 34.6. The van der Waals surface area contributed by atoms with Gasteiger partial charge in [0.25, 0.3) is 0 Å². The van der Waals surface area contributed by atoms with Gasteiger partial charge in [-0.25, -0.2) is 4.68 Å². The van der Waals surface area contributed by atoms with Gasteiger partial charge in [-0.05, 0) is 12.1 Å². The first kappa shape index (κ1) is 15.4. The average molecular weight is 304 g/mol. The van der Waals surface area contributed by atoms with Gasteiger partial charge in [-0.3, -0.25) is 14.4 Å². The lowest BCUT2D eigenvalue weighted by molar-refractivity contribution is -0.131. The summed E-state index contributed by atoms with van der Waals surface area (Å²) in [6.45, 7) is -0.118. The normalized spacial score (nSPS) is 11.9. The van der Waals surface area contributed by atoms with Crippen molar-refractivity contribution in [2.45, 2.75) is 19.0 Å². The number of aromatic nitrogens is 3. The van der Waals surface area contributed by atoms with Crippen molar-refractivity contribution in [2.75, 3.05) is 7.05 Å². The molecular weight excluding hydrogens is 288 g/mol. The summed E-state index contributed by atoms with van der Waals surface area (Å²) >= 11 is 0. The van der Waals surface area contributed by atoms with Gasteiger partial charge in [0.1, 0.15) is 18.1 Å². The Bertz CT molecular complexity index is 711. The number of nitrogens with zero attached hydrogens (tertiary/aromatic N) is 3. The first-order valence-corrected chi connectivity index (χ1v) is 6.58. The second-order valence-electron chi connectivity index (χ2n) is 4.64. The fraction of sp³-hybridized carbons (Fsp3) is 0.308. The van der Waals surface area contributed by atoms with Crippen molar-refractivity contribution in [1.29, 1.82) is 0 Å². The van der Waals surface area contributed by atoms with Crippen molar-refractivity contribution in [3.05, 3.63) is 24.3 Å². The zero-order valence-electron chi connectivity index (χ0n) is 11.9. The van der Waals surface area contributed by atoms with Crippen LogP contribution in [-0.2, 0) is 20.9 Å². The van der Waals surface area contributed by atoms with E-state index in [-0.39, 0.29) is 13.0 Å². The highest BCUT2D eigenvalue weighted by Crippen LogP contribution is 2.09. The van der Waals surface area contributed by atoms with E-state index in [1.54, 1.807) is 18.2 Å². The molecule has 0 saturated carbocycles. The van der Waals surface area contributed by atoms with Crippen LogP contribution in [0.25, 0.3) is 11.0 Å². The highest BCUT2D eigenvalue weighted by atomic mass is 16.2. The van der Waals surface area contributed by atoms with Crippen LogP contribution in [-0.4, -0.2) is 45.8 Å². The minimum atomic E-state index is -1.01. The smallest absolute Gasteiger partial charge is 0.242 e. The van der Waals surface area contributed by atoms with E-state index in [9.17, 15) is 14.4 Å². The molecule has 3 amide bonds. The van der Waals surface area contributed by atoms with E-state index < -0.39 is 23.8 Å². The maximum atomic E-state index is 12.0. The van der Waals surface area contributed by atoms with Crippen LogP contribution in [0.2, 0.25) is 0 Å². The van der Waals surface area contributed by atoms with Crippen molar-refractivity contribution in [3.63, 3.8) is 0 Å². The summed E-state index contributed by atoms with van der Waals surface area (Å²) < 4.78 is 1.41. The first-order valence-electron chi connectivity index (χ1n) is 6.58. The molecule has 9 heteroatoms. The van der Waals surface area contributed by atoms with Crippen LogP contribution in [0, 0.1) is 0 Å². The number of para-hydroxylation sites is 1. The maximum absolute atomic E-state index is 12.0. The van der Waals surface area contributed by atoms with Crippen LogP contribution < -0.4 is 16.4 Å². The third-order valence-electron chi connectivity index (χ3n) is 3.02. The quantitative estimate of drug-likeness (QED) is 0.600. The molecule has 2 aromatic rings. The van der Waals surface area contributed by atoms with Crippen molar-refractivity contribution >= 4 is 28.8 Å². The fourth-order valence-electron chi connectivity index (χ4n) is 1.99. The molecule has 0 aliphatic rings. The third-order valence-corrected chi connectivity index (χ3v) is 3.02. The van der Waals surface area contributed by atoms with Crippen LogP contribution in [0.15, 0.2) is 24.3 Å². The van der Waals surface area contributed by atoms with E-state index in [0.29, 0.717) is 11.0 Å². The average Bonchev–Trinajstić information content (AvgIpc) is 2.88. The van der Waals surface area contributed by atoms with Crippen LogP contribution >= 0.6 is 0 Å². The molecule has 4 N–H and O–H groups in total. The number of carbonyl (C=O) groups is 3. The number of nitrogens with two attached hydrogens (primary N) is 1. The fourth-order valence-corrected chi connectivity index (χ4v) is 1.99. The van der Waals surface area contributed by atoms with Crippen LogP contribution in [0.1, 0.15) is 6.42 Å². The molecule has 1 heterocycles. The molecule has 9 nitrogen and oxygen atoms in total. The third kappa shape index (κ3) is 3.57. The molecular formula is C13H16N6O3. The Morgan fingerprint density at radius 3 is 2.73 bits per heavy atom. The first-order chi connectivity index (χ1) is 10.5. The van der Waals surface area contributed by atoms with E-state index in [0.717, 1.165) is 0 Å². The van der Waals surface area contributed by atoms with Crippen molar-refractivity contribution in [2.24, 2.45) is 5.73 Å². The van der Waals surface area contributed by atoms with Gasteiger partial charge in [0.15, 0.2) is 0 Å². The van der Waals surface area contributed by atoms with Gasteiger partial charge in [-0.1, -0.05) is 17.3 Å². The predicted octanol–water partition coefficient (Wildman–Crippen LogP) is -1.46. The number of benzene rings is 1. The Balaban J connectivity index is 2.07. The molecule has 0 unspecified atom stereocenters. The molecule has 0 aliphatic heterocycles. The van der Waals surface area contributed by atoms with E-state index in [1.807, 2.05) is 6.07 Å². The second-order valence-corrected chi connectivity index (χ2v) is 4.64. The van der Waals surface area contributed by atoms with Crippen LogP contribution in [0.4, 0.5) is 0 Å². The highest BCUT2D eigenvalue weighted by Gasteiger charge is 2.22. The van der Waals surface area contributed by atoms with Crippen molar-refractivity contribution in [3.8, 4) is 0 Å². The molecule has 0 bridgehead atoms. The zero-order chi connectivity index (χ0) is 16.1. The molecule has 1 aromatic carbocycles. The number of primary amides is 1. The molecule has 0 fully saturated rings. The molecule has 116 valence electrons. The van der Waals surface area contributed by atoms with Gasteiger partial charge in [0.05, 0.1) is 11.9 Å². The lowest BCUT2D eigenvalue weighted by Gasteiger charge is -2.15. The number of nitrogens with one attached hydrogen (secondary N) is 2. The van der Waals surface area contributed by atoms with Crippen molar-refractivity contribution < 1.29 is 14.4 Å². The second kappa shape index (κ2) is 6.66. The Hall–Kier alpha value is -2.97. The molecule has 1 aromatic heterocycles. The number of amides is 3. The summed E-state index contributed by atoms with van der Waals surface area (Å²) in [5.74, 6) is -1.64. The number of hydrogen-bond donors (Lipinski definition) is 3. The number of rotatable bonds is 6. The molecule has 0 spiro atoms. The summed E-state index contributed by atoms with van der Waals surface area (Å²) in [6.07, 6.45) is -0.274. The van der Waals surface area contributed by atoms with Crippen molar-refractivity contribution in [1.82, 2.24) is 25.6 Å². The summed E-state index contributed by atoms with van der Waals surface area (Å²) in [7, 11) is 1.41. The highest BCUT2D eigenvalue weighted by molar-refractivity contribution is 5.91. The Kier molecular flexibility index (Phi) is 4.66. The van der Waals surface area contributed by atoms with E-state index in [1.165, 1.54) is 11.7 Å².